The van der Waals surface area contributed by atoms with Crippen LogP contribution in [0.25, 0.3) is 0 Å². The lowest BCUT2D eigenvalue weighted by Crippen LogP contribution is -2.30. The first kappa shape index (κ1) is 17.9. The first-order chi connectivity index (χ1) is 8.21. The minimum atomic E-state index is -0.0962. The number of nitrogens with one attached hydrogen (secondary N) is 1. The van der Waals surface area contributed by atoms with Crippen molar-refractivity contribution in [2.45, 2.75) is 45.6 Å². The van der Waals surface area contributed by atoms with Crippen LogP contribution < -0.4 is 11.1 Å². The molecule has 19 heavy (non-hydrogen) atoms. The summed E-state index contributed by atoms with van der Waals surface area (Å²) in [5.41, 5.74) is 7.09. The number of aromatic nitrogens is 2. The highest BCUT2D eigenvalue weighted by Crippen LogP contribution is 2.21. The number of carbonyl (C=O) groups excluding carboxylic acids is 1. The maximum atomic E-state index is 12.0. The van der Waals surface area contributed by atoms with E-state index in [4.69, 9.17) is 5.73 Å². The van der Waals surface area contributed by atoms with Crippen LogP contribution in [-0.4, -0.2) is 28.3 Å². The van der Waals surface area contributed by atoms with Crippen LogP contribution in [0.15, 0.2) is 6.07 Å². The zero-order valence-corrected chi connectivity index (χ0v) is 13.2. The standard InChI is InChI=1S/C13H24N4O.ClH/c1-9(14)6-7-15-12(18)10-8-11(13(2,3)4)16-17(10)5;/h8-9H,6-7,14H2,1-5H3,(H,15,18);1H. The molecule has 1 aromatic rings. The zero-order valence-electron chi connectivity index (χ0n) is 12.4. The number of aryl methyl sites for hydroxylation is 1. The molecule has 5 nitrogen and oxygen atoms in total. The molecule has 6 heteroatoms. The van der Waals surface area contributed by atoms with Gasteiger partial charge in [-0.25, -0.2) is 0 Å². The minimum Gasteiger partial charge on any atom is -0.351 e. The third-order valence-corrected chi connectivity index (χ3v) is 2.77. The van der Waals surface area contributed by atoms with Gasteiger partial charge in [-0.1, -0.05) is 20.8 Å². The van der Waals surface area contributed by atoms with Gasteiger partial charge in [-0.2, -0.15) is 5.10 Å². The van der Waals surface area contributed by atoms with Crippen molar-refractivity contribution in [3.8, 4) is 0 Å². The van der Waals surface area contributed by atoms with Gasteiger partial charge in [0.1, 0.15) is 5.69 Å². The van der Waals surface area contributed by atoms with Crippen LogP contribution >= 0.6 is 12.4 Å². The summed E-state index contributed by atoms with van der Waals surface area (Å²) in [6.07, 6.45) is 0.774. The third-order valence-electron chi connectivity index (χ3n) is 2.77. The van der Waals surface area contributed by atoms with E-state index in [1.807, 2.05) is 13.0 Å². The van der Waals surface area contributed by atoms with Gasteiger partial charge in [-0.15, -0.1) is 12.4 Å². The van der Waals surface area contributed by atoms with Crippen LogP contribution in [0.2, 0.25) is 0 Å². The number of rotatable bonds is 4. The van der Waals surface area contributed by atoms with Crippen LogP contribution in [0.5, 0.6) is 0 Å². The topological polar surface area (TPSA) is 72.9 Å². The fourth-order valence-corrected chi connectivity index (χ4v) is 1.55. The average Bonchev–Trinajstić information content (AvgIpc) is 2.59. The van der Waals surface area contributed by atoms with Crippen molar-refractivity contribution in [3.05, 3.63) is 17.5 Å². The van der Waals surface area contributed by atoms with E-state index < -0.39 is 0 Å². The Morgan fingerprint density at radius 1 is 1.53 bits per heavy atom. The van der Waals surface area contributed by atoms with Crippen molar-refractivity contribution in [3.63, 3.8) is 0 Å². The number of hydrogen-bond acceptors (Lipinski definition) is 3. The lowest BCUT2D eigenvalue weighted by atomic mass is 9.92. The molecule has 0 radical (unpaired) electrons. The number of halogens is 1. The minimum absolute atomic E-state index is 0. The summed E-state index contributed by atoms with van der Waals surface area (Å²) in [6.45, 7) is 8.74. The Hall–Kier alpha value is -1.07. The molecule has 1 rings (SSSR count). The molecule has 110 valence electrons. The van der Waals surface area contributed by atoms with Gasteiger partial charge in [0.15, 0.2) is 0 Å². The van der Waals surface area contributed by atoms with Gasteiger partial charge in [0, 0.05) is 25.0 Å². The van der Waals surface area contributed by atoms with Crippen LogP contribution in [0, 0.1) is 0 Å². The molecular formula is C13H25ClN4O. The molecule has 0 aliphatic carbocycles. The van der Waals surface area contributed by atoms with E-state index in [0.717, 1.165) is 12.1 Å². The first-order valence-corrected chi connectivity index (χ1v) is 6.30. The predicted molar refractivity (Wildman–Crippen MR) is 79.8 cm³/mol. The highest BCUT2D eigenvalue weighted by molar-refractivity contribution is 5.92. The molecule has 1 aromatic heterocycles. The van der Waals surface area contributed by atoms with E-state index in [2.05, 4.69) is 31.2 Å². The molecule has 0 spiro atoms. The molecule has 0 bridgehead atoms. The monoisotopic (exact) mass is 288 g/mol. The Labute approximate surface area is 121 Å². The summed E-state index contributed by atoms with van der Waals surface area (Å²) in [5, 5.41) is 7.23. The van der Waals surface area contributed by atoms with Crippen molar-refractivity contribution >= 4 is 18.3 Å². The summed E-state index contributed by atoms with van der Waals surface area (Å²) >= 11 is 0. The van der Waals surface area contributed by atoms with Gasteiger partial charge >= 0.3 is 0 Å². The summed E-state index contributed by atoms with van der Waals surface area (Å²) in [6, 6.07) is 1.95. The Morgan fingerprint density at radius 2 is 2.11 bits per heavy atom. The van der Waals surface area contributed by atoms with Gasteiger partial charge in [-0.05, 0) is 19.4 Å². The SMILES string of the molecule is CC(N)CCNC(=O)c1cc(C(C)(C)C)nn1C.Cl. The van der Waals surface area contributed by atoms with E-state index in [-0.39, 0.29) is 29.8 Å². The molecule has 0 aliphatic rings. The number of hydrogen-bond donors (Lipinski definition) is 2. The Morgan fingerprint density at radius 3 is 2.53 bits per heavy atom. The molecule has 0 fully saturated rings. The predicted octanol–water partition coefficient (Wildman–Crippen LogP) is 1.61. The Bertz CT molecular complexity index is 421. The van der Waals surface area contributed by atoms with Gasteiger partial charge < -0.3 is 11.1 Å². The maximum Gasteiger partial charge on any atom is 0.269 e. The Kier molecular flexibility index (Phi) is 6.52. The number of amides is 1. The molecule has 0 aliphatic heterocycles. The number of nitrogens with zero attached hydrogens (tertiary/aromatic N) is 2. The van der Waals surface area contributed by atoms with Gasteiger partial charge in [0.2, 0.25) is 0 Å². The normalized spacial score (nSPS) is 12.7. The fourth-order valence-electron chi connectivity index (χ4n) is 1.55. The lowest BCUT2D eigenvalue weighted by Gasteiger charge is -2.13. The molecule has 0 saturated heterocycles. The highest BCUT2D eigenvalue weighted by Gasteiger charge is 2.21. The number of carbonyl (C=O) groups is 1. The average molecular weight is 289 g/mol. The molecule has 1 atom stereocenters. The quantitative estimate of drug-likeness (QED) is 0.884. The second-order valence-corrected chi connectivity index (χ2v) is 5.81. The number of nitrogens with two attached hydrogens (primary N) is 1. The first-order valence-electron chi connectivity index (χ1n) is 6.30. The van der Waals surface area contributed by atoms with E-state index in [0.29, 0.717) is 12.2 Å². The lowest BCUT2D eigenvalue weighted by molar-refractivity contribution is 0.0943. The van der Waals surface area contributed by atoms with E-state index in [1.54, 1.807) is 11.7 Å². The van der Waals surface area contributed by atoms with Crippen LogP contribution in [0.1, 0.15) is 50.3 Å². The van der Waals surface area contributed by atoms with Gasteiger partial charge in [0.05, 0.1) is 5.69 Å². The maximum absolute atomic E-state index is 12.0. The van der Waals surface area contributed by atoms with Crippen LogP contribution in [0.4, 0.5) is 0 Å². The fraction of sp³-hybridized carbons (Fsp3) is 0.692. The van der Waals surface area contributed by atoms with Crippen molar-refractivity contribution < 1.29 is 4.79 Å². The highest BCUT2D eigenvalue weighted by atomic mass is 35.5. The largest absolute Gasteiger partial charge is 0.351 e. The van der Waals surface area contributed by atoms with E-state index in [9.17, 15) is 4.79 Å². The van der Waals surface area contributed by atoms with Crippen LogP contribution in [-0.2, 0) is 12.5 Å². The van der Waals surface area contributed by atoms with Crippen LogP contribution in [0.3, 0.4) is 0 Å². The van der Waals surface area contributed by atoms with Crippen molar-refractivity contribution in [1.29, 1.82) is 0 Å². The summed E-state index contributed by atoms with van der Waals surface area (Å²) < 4.78 is 1.63. The molecule has 0 saturated carbocycles. The smallest absolute Gasteiger partial charge is 0.269 e. The Balaban J connectivity index is 0.00000324. The molecule has 1 heterocycles. The second-order valence-electron chi connectivity index (χ2n) is 5.81. The van der Waals surface area contributed by atoms with E-state index >= 15 is 0 Å². The second kappa shape index (κ2) is 6.91. The molecule has 1 unspecified atom stereocenters. The molecular weight excluding hydrogens is 264 g/mol. The van der Waals surface area contributed by atoms with Crippen molar-refractivity contribution in [1.82, 2.24) is 15.1 Å². The third kappa shape index (κ3) is 5.20. The molecule has 1 amide bonds. The van der Waals surface area contributed by atoms with E-state index in [1.165, 1.54) is 0 Å². The molecule has 0 aromatic carbocycles. The van der Waals surface area contributed by atoms with Gasteiger partial charge in [-0.3, -0.25) is 9.48 Å². The summed E-state index contributed by atoms with van der Waals surface area (Å²) in [7, 11) is 1.79. The van der Waals surface area contributed by atoms with Crippen molar-refractivity contribution in [2.24, 2.45) is 12.8 Å². The summed E-state index contributed by atoms with van der Waals surface area (Å²) in [4.78, 5) is 12.0. The summed E-state index contributed by atoms with van der Waals surface area (Å²) in [5.74, 6) is -0.0962. The zero-order chi connectivity index (χ0) is 13.9. The van der Waals surface area contributed by atoms with Gasteiger partial charge in [0.25, 0.3) is 5.91 Å². The molecule has 3 N–H and O–H groups in total. The van der Waals surface area contributed by atoms with Crippen molar-refractivity contribution in [2.75, 3.05) is 6.54 Å².